The van der Waals surface area contributed by atoms with E-state index in [1.54, 1.807) is 18.2 Å². The van der Waals surface area contributed by atoms with Gasteiger partial charge in [0.15, 0.2) is 0 Å². The molecule has 0 aliphatic rings. The van der Waals surface area contributed by atoms with Gasteiger partial charge >= 0.3 is 5.97 Å². The largest absolute Gasteiger partial charge is 0.494 e. The van der Waals surface area contributed by atoms with E-state index in [-0.39, 0.29) is 5.56 Å². The summed E-state index contributed by atoms with van der Waals surface area (Å²) in [5.74, 6) is -0.259. The maximum Gasteiger partial charge on any atom is 0.339 e. The molecule has 26 heavy (non-hydrogen) atoms. The summed E-state index contributed by atoms with van der Waals surface area (Å²) in [5, 5.41) is 13.9. The summed E-state index contributed by atoms with van der Waals surface area (Å²) >= 11 is 6.01. The van der Waals surface area contributed by atoms with Crippen molar-refractivity contribution >= 4 is 39.8 Å². The summed E-state index contributed by atoms with van der Waals surface area (Å²) in [4.78, 5) is 15.8. The van der Waals surface area contributed by atoms with Crippen LogP contribution in [0.3, 0.4) is 0 Å². The number of pyridine rings is 1. The molecule has 134 valence electrons. The van der Waals surface area contributed by atoms with E-state index in [0.29, 0.717) is 28.2 Å². The second-order valence-electron chi connectivity index (χ2n) is 5.86. The molecule has 0 atom stereocenters. The number of carboxylic acid groups (broad SMARTS) is 1. The molecule has 0 spiro atoms. The lowest BCUT2D eigenvalue weighted by Crippen LogP contribution is -2.05. The lowest BCUT2D eigenvalue weighted by atomic mass is 10.1. The van der Waals surface area contributed by atoms with Crippen molar-refractivity contribution in [1.29, 1.82) is 0 Å². The number of fused-ring (bicyclic) bond motifs is 1. The van der Waals surface area contributed by atoms with Gasteiger partial charge in [0.05, 0.1) is 17.8 Å². The molecule has 0 amide bonds. The van der Waals surface area contributed by atoms with Gasteiger partial charge in [0.1, 0.15) is 11.3 Å². The van der Waals surface area contributed by atoms with Gasteiger partial charge in [-0.1, -0.05) is 24.9 Å². The van der Waals surface area contributed by atoms with Gasteiger partial charge in [-0.2, -0.15) is 0 Å². The summed E-state index contributed by atoms with van der Waals surface area (Å²) in [5.41, 5.74) is 1.98. The minimum Gasteiger partial charge on any atom is -0.494 e. The number of ether oxygens (including phenoxy) is 1. The predicted molar refractivity (Wildman–Crippen MR) is 104 cm³/mol. The number of aromatic nitrogens is 1. The fourth-order valence-electron chi connectivity index (χ4n) is 2.58. The fraction of sp³-hybridized carbons (Fsp3) is 0.200. The Hall–Kier alpha value is -2.79. The molecule has 3 aromatic rings. The molecular weight excluding hydrogens is 352 g/mol. The van der Waals surface area contributed by atoms with Crippen molar-refractivity contribution < 1.29 is 14.6 Å². The van der Waals surface area contributed by atoms with Crippen LogP contribution in [0.4, 0.5) is 11.4 Å². The van der Waals surface area contributed by atoms with E-state index in [4.69, 9.17) is 16.3 Å². The molecule has 0 unspecified atom stereocenters. The zero-order valence-corrected chi connectivity index (χ0v) is 15.1. The average molecular weight is 371 g/mol. The maximum absolute atomic E-state index is 11.6. The van der Waals surface area contributed by atoms with Gasteiger partial charge in [-0.05, 0) is 48.9 Å². The molecule has 0 radical (unpaired) electrons. The van der Waals surface area contributed by atoms with Gasteiger partial charge in [0.2, 0.25) is 0 Å². The van der Waals surface area contributed by atoms with Gasteiger partial charge in [0, 0.05) is 22.3 Å². The zero-order chi connectivity index (χ0) is 18.5. The molecule has 0 saturated heterocycles. The highest BCUT2D eigenvalue weighted by atomic mass is 35.5. The van der Waals surface area contributed by atoms with Crippen LogP contribution in [0.15, 0.2) is 48.7 Å². The summed E-state index contributed by atoms with van der Waals surface area (Å²) in [6.45, 7) is 2.80. The third-order valence-corrected chi connectivity index (χ3v) is 4.19. The monoisotopic (exact) mass is 370 g/mol. The summed E-state index contributed by atoms with van der Waals surface area (Å²) < 4.78 is 5.65. The first-order valence-electron chi connectivity index (χ1n) is 8.40. The van der Waals surface area contributed by atoms with Crippen LogP contribution in [0.1, 0.15) is 30.1 Å². The highest BCUT2D eigenvalue weighted by Gasteiger charge is 2.15. The number of aromatic carboxylic acids is 1. The van der Waals surface area contributed by atoms with Crippen molar-refractivity contribution in [3.63, 3.8) is 0 Å². The molecule has 2 aromatic carbocycles. The molecular formula is C20H19ClN2O3. The molecule has 5 nitrogen and oxygen atoms in total. The zero-order valence-electron chi connectivity index (χ0n) is 14.3. The van der Waals surface area contributed by atoms with Crippen molar-refractivity contribution in [2.45, 2.75) is 19.8 Å². The van der Waals surface area contributed by atoms with Crippen LogP contribution in [0.2, 0.25) is 5.02 Å². The number of carbonyl (C=O) groups is 1. The molecule has 0 saturated carbocycles. The van der Waals surface area contributed by atoms with E-state index in [1.165, 1.54) is 6.20 Å². The number of hydrogen-bond acceptors (Lipinski definition) is 4. The van der Waals surface area contributed by atoms with E-state index in [2.05, 4.69) is 17.2 Å². The topological polar surface area (TPSA) is 71.5 Å². The Morgan fingerprint density at radius 1 is 1.23 bits per heavy atom. The number of nitrogens with zero attached hydrogens (tertiary/aromatic N) is 1. The Morgan fingerprint density at radius 3 is 2.69 bits per heavy atom. The lowest BCUT2D eigenvalue weighted by Gasteiger charge is -2.13. The summed E-state index contributed by atoms with van der Waals surface area (Å²) in [6, 6.07) is 12.6. The van der Waals surface area contributed by atoms with E-state index in [9.17, 15) is 9.90 Å². The molecule has 1 aromatic heterocycles. The highest BCUT2D eigenvalue weighted by Crippen LogP contribution is 2.31. The van der Waals surface area contributed by atoms with Crippen LogP contribution in [0, 0.1) is 0 Å². The molecule has 0 aliphatic carbocycles. The highest BCUT2D eigenvalue weighted by molar-refractivity contribution is 6.31. The van der Waals surface area contributed by atoms with Crippen LogP contribution in [-0.4, -0.2) is 22.7 Å². The molecule has 2 N–H and O–H groups in total. The molecule has 3 rings (SSSR count). The average Bonchev–Trinajstić information content (AvgIpc) is 2.63. The second kappa shape index (κ2) is 8.06. The van der Waals surface area contributed by atoms with Gasteiger partial charge in [-0.3, -0.25) is 4.98 Å². The van der Waals surface area contributed by atoms with Gasteiger partial charge < -0.3 is 15.2 Å². The molecule has 6 heteroatoms. The maximum atomic E-state index is 11.6. The van der Waals surface area contributed by atoms with E-state index >= 15 is 0 Å². The summed E-state index contributed by atoms with van der Waals surface area (Å²) in [7, 11) is 0. The summed E-state index contributed by atoms with van der Waals surface area (Å²) in [6.07, 6.45) is 3.43. The number of anilines is 2. The van der Waals surface area contributed by atoms with E-state index < -0.39 is 5.97 Å². The fourth-order valence-corrected chi connectivity index (χ4v) is 2.74. The van der Waals surface area contributed by atoms with Crippen molar-refractivity contribution in [2.24, 2.45) is 0 Å². The predicted octanol–water partition coefficient (Wildman–Crippen LogP) is 5.51. The van der Waals surface area contributed by atoms with Crippen LogP contribution >= 0.6 is 11.6 Å². The van der Waals surface area contributed by atoms with Gasteiger partial charge in [-0.25, -0.2) is 4.79 Å². The van der Waals surface area contributed by atoms with E-state index in [0.717, 1.165) is 24.3 Å². The third-order valence-electron chi connectivity index (χ3n) is 3.95. The molecule has 0 bridgehead atoms. The van der Waals surface area contributed by atoms with Crippen LogP contribution in [-0.2, 0) is 0 Å². The van der Waals surface area contributed by atoms with Crippen LogP contribution in [0.25, 0.3) is 10.9 Å². The Bertz CT molecular complexity index is 926. The first-order chi connectivity index (χ1) is 12.6. The molecule has 0 fully saturated rings. The number of unbranched alkanes of at least 4 members (excludes halogenated alkanes) is 1. The SMILES string of the molecule is CCCCOc1ccc(Nc2c(C(=O)O)cnc3cc(Cl)ccc23)cc1. The number of rotatable bonds is 7. The van der Waals surface area contributed by atoms with Crippen LogP contribution < -0.4 is 10.1 Å². The number of benzene rings is 2. The van der Waals surface area contributed by atoms with Crippen LogP contribution in [0.5, 0.6) is 5.75 Å². The number of halogens is 1. The van der Waals surface area contributed by atoms with Crippen molar-refractivity contribution in [1.82, 2.24) is 4.98 Å². The minimum absolute atomic E-state index is 0.100. The lowest BCUT2D eigenvalue weighted by molar-refractivity contribution is 0.0697. The van der Waals surface area contributed by atoms with Gasteiger partial charge in [-0.15, -0.1) is 0 Å². The van der Waals surface area contributed by atoms with Crippen molar-refractivity contribution in [3.8, 4) is 5.75 Å². The Labute approximate surface area is 156 Å². The first kappa shape index (κ1) is 18.0. The molecule has 1 heterocycles. The molecule has 0 aliphatic heterocycles. The van der Waals surface area contributed by atoms with Crippen molar-refractivity contribution in [3.05, 3.63) is 59.2 Å². The number of nitrogens with one attached hydrogen (secondary N) is 1. The normalized spacial score (nSPS) is 10.7. The van der Waals surface area contributed by atoms with E-state index in [1.807, 2.05) is 24.3 Å². The third kappa shape index (κ3) is 4.06. The number of hydrogen-bond donors (Lipinski definition) is 2. The quantitative estimate of drug-likeness (QED) is 0.536. The van der Waals surface area contributed by atoms with Gasteiger partial charge in [0.25, 0.3) is 0 Å². The minimum atomic E-state index is -1.05. The Balaban J connectivity index is 1.92. The second-order valence-corrected chi connectivity index (χ2v) is 6.30. The first-order valence-corrected chi connectivity index (χ1v) is 8.77. The number of carboxylic acids is 1. The standard InChI is InChI=1S/C20H19ClN2O3/c1-2-3-10-26-15-7-5-14(6-8-15)23-19-16-9-4-13(21)11-18(16)22-12-17(19)20(24)25/h4-9,11-12H,2-3,10H2,1H3,(H,22,23)(H,24,25). The van der Waals surface area contributed by atoms with Crippen molar-refractivity contribution in [2.75, 3.05) is 11.9 Å². The smallest absolute Gasteiger partial charge is 0.339 e. The Morgan fingerprint density at radius 2 is 2.00 bits per heavy atom. The Kier molecular flexibility index (Phi) is 5.58.